The molecule has 3 N–H and O–H groups in total. The van der Waals surface area contributed by atoms with Crippen molar-refractivity contribution in [3.05, 3.63) is 29.1 Å². The number of hydrogen-bond acceptors (Lipinski definition) is 4. The van der Waals surface area contributed by atoms with E-state index in [2.05, 4.69) is 34.5 Å². The molecule has 6 heteroatoms. The van der Waals surface area contributed by atoms with Gasteiger partial charge in [0.05, 0.1) is 11.9 Å². The van der Waals surface area contributed by atoms with Crippen molar-refractivity contribution >= 4 is 28.6 Å². The Morgan fingerprint density at radius 2 is 2.36 bits per heavy atom. The van der Waals surface area contributed by atoms with Crippen LogP contribution in [0.3, 0.4) is 0 Å². The second-order valence-corrected chi connectivity index (χ2v) is 6.24. The van der Waals surface area contributed by atoms with Gasteiger partial charge in [0.25, 0.3) is 0 Å². The van der Waals surface area contributed by atoms with E-state index in [4.69, 9.17) is 17.3 Å². The maximum Gasteiger partial charge on any atom is 0.176 e. The van der Waals surface area contributed by atoms with Crippen molar-refractivity contribution < 1.29 is 0 Å². The van der Waals surface area contributed by atoms with E-state index in [1.54, 1.807) is 10.7 Å². The topological polar surface area (TPSA) is 68.2 Å². The molecule has 0 radical (unpaired) electrons. The monoisotopic (exact) mass is 319 g/mol. The minimum absolute atomic E-state index is 0.289. The van der Waals surface area contributed by atoms with Crippen molar-refractivity contribution in [3.8, 4) is 0 Å². The van der Waals surface area contributed by atoms with E-state index in [1.807, 2.05) is 6.92 Å². The fourth-order valence-corrected chi connectivity index (χ4v) is 3.26. The van der Waals surface area contributed by atoms with Gasteiger partial charge in [-0.3, -0.25) is 0 Å². The number of fused-ring (bicyclic) bond motifs is 1. The highest BCUT2D eigenvalue weighted by Crippen LogP contribution is 2.27. The largest absolute Gasteiger partial charge is 0.367 e. The summed E-state index contributed by atoms with van der Waals surface area (Å²) in [6, 6.07) is 2.73. The summed E-state index contributed by atoms with van der Waals surface area (Å²) in [5.41, 5.74) is 8.85. The number of nitrogens with zero attached hydrogens (tertiary/aromatic N) is 3. The molecule has 2 heterocycles. The van der Waals surface area contributed by atoms with Gasteiger partial charge in [-0.25, -0.2) is 4.98 Å². The lowest BCUT2D eigenvalue weighted by Gasteiger charge is -2.16. The van der Waals surface area contributed by atoms with Crippen LogP contribution in [0.4, 0.5) is 5.82 Å². The van der Waals surface area contributed by atoms with Gasteiger partial charge >= 0.3 is 0 Å². The zero-order valence-electron chi connectivity index (χ0n) is 13.0. The van der Waals surface area contributed by atoms with Crippen LogP contribution in [0.5, 0.6) is 0 Å². The molecule has 1 fully saturated rings. The smallest absolute Gasteiger partial charge is 0.176 e. The molecule has 0 aromatic carbocycles. The molecule has 0 saturated heterocycles. The van der Waals surface area contributed by atoms with Gasteiger partial charge in [0.15, 0.2) is 5.65 Å². The Morgan fingerprint density at radius 1 is 1.55 bits per heavy atom. The van der Waals surface area contributed by atoms with Crippen LogP contribution in [0.15, 0.2) is 18.3 Å². The van der Waals surface area contributed by atoms with E-state index in [1.165, 1.54) is 5.57 Å². The molecular formula is C16H22ClN5. The summed E-state index contributed by atoms with van der Waals surface area (Å²) >= 11 is 6.23. The van der Waals surface area contributed by atoms with Crippen LogP contribution < -0.4 is 11.1 Å². The van der Waals surface area contributed by atoms with Crippen LogP contribution in [0.25, 0.3) is 11.2 Å². The first-order valence-corrected chi connectivity index (χ1v) is 8.22. The fourth-order valence-electron chi connectivity index (χ4n) is 3.09. The number of nitrogens with two attached hydrogens (primary N) is 1. The summed E-state index contributed by atoms with van der Waals surface area (Å²) < 4.78 is 1.78. The summed E-state index contributed by atoms with van der Waals surface area (Å²) in [6.45, 7) is 4.16. The summed E-state index contributed by atoms with van der Waals surface area (Å²) in [6.07, 6.45) is 7.80. The van der Waals surface area contributed by atoms with Gasteiger partial charge in [0.2, 0.25) is 0 Å². The molecule has 0 bridgehead atoms. The predicted octanol–water partition coefficient (Wildman–Crippen LogP) is 3.49. The number of halogens is 1. The van der Waals surface area contributed by atoms with Crippen molar-refractivity contribution in [1.82, 2.24) is 14.6 Å². The lowest BCUT2D eigenvalue weighted by Crippen LogP contribution is -2.22. The van der Waals surface area contributed by atoms with Gasteiger partial charge in [-0.05, 0) is 38.2 Å². The summed E-state index contributed by atoms with van der Waals surface area (Å²) in [7, 11) is 0. The van der Waals surface area contributed by atoms with Crippen LogP contribution in [-0.2, 0) is 0 Å². The number of allylic oxidation sites excluding steroid dienone is 2. The molecule has 0 spiro atoms. The van der Waals surface area contributed by atoms with E-state index < -0.39 is 0 Å². The maximum absolute atomic E-state index is 6.23. The van der Waals surface area contributed by atoms with Crippen molar-refractivity contribution in [1.29, 1.82) is 0 Å². The molecule has 2 aromatic rings. The summed E-state index contributed by atoms with van der Waals surface area (Å²) in [4.78, 5) is 4.66. The first kappa shape index (κ1) is 15.3. The molecule has 0 unspecified atom stereocenters. The van der Waals surface area contributed by atoms with Gasteiger partial charge in [0.1, 0.15) is 10.8 Å². The van der Waals surface area contributed by atoms with Crippen molar-refractivity contribution in [3.63, 3.8) is 0 Å². The first-order valence-electron chi connectivity index (χ1n) is 7.84. The summed E-state index contributed by atoms with van der Waals surface area (Å²) in [5, 5.41) is 8.48. The fraction of sp³-hybridized carbons (Fsp3) is 0.500. The molecule has 118 valence electrons. The molecule has 0 aliphatic heterocycles. The molecule has 5 nitrogen and oxygen atoms in total. The average molecular weight is 320 g/mol. The zero-order chi connectivity index (χ0) is 15.7. The molecular weight excluding hydrogens is 298 g/mol. The van der Waals surface area contributed by atoms with E-state index in [-0.39, 0.29) is 6.04 Å². The molecule has 2 aromatic heterocycles. The van der Waals surface area contributed by atoms with Crippen molar-refractivity contribution in [2.75, 3.05) is 5.32 Å². The Kier molecular flexibility index (Phi) is 4.36. The van der Waals surface area contributed by atoms with E-state index in [9.17, 15) is 0 Å². The van der Waals surface area contributed by atoms with E-state index >= 15 is 0 Å². The molecule has 1 aliphatic rings. The third kappa shape index (κ3) is 2.83. The molecule has 22 heavy (non-hydrogen) atoms. The molecule has 1 saturated carbocycles. The molecule has 0 amide bonds. The zero-order valence-corrected chi connectivity index (χ0v) is 13.8. The normalized spacial score (nSPS) is 22.5. The Balaban J connectivity index is 2.03. The minimum atomic E-state index is 0.289. The van der Waals surface area contributed by atoms with Gasteiger partial charge in [0, 0.05) is 18.2 Å². The van der Waals surface area contributed by atoms with Crippen LogP contribution in [0, 0.1) is 0 Å². The lowest BCUT2D eigenvalue weighted by atomic mass is 10.1. The quantitative estimate of drug-likeness (QED) is 0.905. The van der Waals surface area contributed by atoms with Gasteiger partial charge in [-0.1, -0.05) is 24.6 Å². The Hall–Kier alpha value is -1.59. The van der Waals surface area contributed by atoms with Crippen LogP contribution in [0.2, 0.25) is 5.02 Å². The highest BCUT2D eigenvalue weighted by Gasteiger charge is 2.23. The highest BCUT2D eigenvalue weighted by molar-refractivity contribution is 6.33. The van der Waals surface area contributed by atoms with Crippen LogP contribution in [-0.4, -0.2) is 26.7 Å². The summed E-state index contributed by atoms with van der Waals surface area (Å²) in [5.74, 6) is 0.929. The second kappa shape index (κ2) is 6.26. The van der Waals surface area contributed by atoms with Crippen molar-refractivity contribution in [2.24, 2.45) is 5.73 Å². The third-order valence-corrected chi connectivity index (χ3v) is 4.58. The van der Waals surface area contributed by atoms with E-state index in [0.29, 0.717) is 16.7 Å². The second-order valence-electron chi connectivity index (χ2n) is 5.84. The molecule has 2 atom stereocenters. The number of hydrogen-bond donors (Lipinski definition) is 2. The van der Waals surface area contributed by atoms with Gasteiger partial charge < -0.3 is 11.1 Å². The Labute approximate surface area is 135 Å². The average Bonchev–Trinajstić information content (AvgIpc) is 3.07. The standard InChI is InChI=1S/C16H22ClN5/c1-3-10(4-2)14-8-15(20-12-6-5-11(18)7-12)22-16(21-14)13(17)9-19-22/h3,8-9,11-12,20H,4-7,18H2,1-2H3/b10-3+/t11-,12-/m0/s1. The number of aromatic nitrogens is 3. The van der Waals surface area contributed by atoms with E-state index in [0.717, 1.165) is 37.2 Å². The maximum atomic E-state index is 6.23. The number of nitrogens with one attached hydrogen (secondary N) is 1. The Morgan fingerprint density at radius 3 is 3.00 bits per heavy atom. The molecule has 1 aliphatic carbocycles. The lowest BCUT2D eigenvalue weighted by molar-refractivity contribution is 0.684. The van der Waals surface area contributed by atoms with Crippen LogP contribution in [0.1, 0.15) is 45.2 Å². The van der Waals surface area contributed by atoms with Crippen LogP contribution >= 0.6 is 11.6 Å². The van der Waals surface area contributed by atoms with Crippen molar-refractivity contribution in [2.45, 2.75) is 51.6 Å². The van der Waals surface area contributed by atoms with Gasteiger partial charge in [-0.2, -0.15) is 9.61 Å². The minimum Gasteiger partial charge on any atom is -0.367 e. The number of anilines is 1. The third-order valence-electron chi connectivity index (χ3n) is 4.31. The first-order chi connectivity index (χ1) is 10.6. The van der Waals surface area contributed by atoms with Gasteiger partial charge in [-0.15, -0.1) is 0 Å². The Bertz CT molecular complexity index is 706. The number of rotatable bonds is 4. The highest BCUT2D eigenvalue weighted by atomic mass is 35.5. The predicted molar refractivity (Wildman–Crippen MR) is 91.2 cm³/mol. The molecule has 3 rings (SSSR count). The SMILES string of the molecule is C/C=C(\CC)c1cc(N[C@H]2CC[C@H](N)C2)n2ncc(Cl)c2n1.